The Morgan fingerprint density at radius 1 is 0.821 bits per heavy atom. The molecule has 4 nitrogen and oxygen atoms in total. The molecule has 4 heteroatoms. The highest BCUT2D eigenvalue weighted by atomic mass is 16.3. The lowest BCUT2D eigenvalue weighted by Gasteiger charge is -2.13. The zero-order valence-corrected chi connectivity index (χ0v) is 22.8. The van der Waals surface area contributed by atoms with E-state index in [0.29, 0.717) is 11.6 Å². The average molecular weight is 510 g/mol. The van der Waals surface area contributed by atoms with Crippen LogP contribution in [-0.2, 0) is 13.5 Å². The first-order valence-corrected chi connectivity index (χ1v) is 13.5. The van der Waals surface area contributed by atoms with Crippen LogP contribution in [0.4, 0.5) is 5.69 Å². The van der Waals surface area contributed by atoms with Gasteiger partial charge >= 0.3 is 0 Å². The molecule has 0 radical (unpaired) electrons. The Labute approximate surface area is 226 Å². The molecule has 190 valence electrons. The van der Waals surface area contributed by atoms with Crippen LogP contribution < -0.4 is 4.57 Å². The van der Waals surface area contributed by atoms with Crippen LogP contribution in [0.1, 0.15) is 30.5 Å². The molecule has 3 aromatic heterocycles. The van der Waals surface area contributed by atoms with Gasteiger partial charge in [0.2, 0.25) is 5.69 Å². The fourth-order valence-electron chi connectivity index (χ4n) is 6.21. The summed E-state index contributed by atoms with van der Waals surface area (Å²) in [6.07, 6.45) is 3.08. The third kappa shape index (κ3) is 3.40. The Balaban J connectivity index is 1.66. The van der Waals surface area contributed by atoms with Gasteiger partial charge in [-0.25, -0.2) is 9.41 Å². The van der Waals surface area contributed by atoms with Crippen molar-refractivity contribution >= 4 is 60.3 Å². The van der Waals surface area contributed by atoms with E-state index in [9.17, 15) is 0 Å². The molecule has 0 saturated carbocycles. The lowest BCUT2D eigenvalue weighted by atomic mass is 9.90. The summed E-state index contributed by atoms with van der Waals surface area (Å²) in [6, 6.07) is 20.8. The fourth-order valence-corrected chi connectivity index (χ4v) is 6.21. The van der Waals surface area contributed by atoms with Gasteiger partial charge in [0.1, 0.15) is 29.4 Å². The maximum absolute atomic E-state index is 7.46. The van der Waals surface area contributed by atoms with E-state index in [1.54, 1.807) is 0 Å². The summed E-state index contributed by atoms with van der Waals surface area (Å²) in [5.41, 5.74) is 9.93. The minimum absolute atomic E-state index is 0.500. The maximum atomic E-state index is 7.46. The van der Waals surface area contributed by atoms with E-state index in [0.717, 1.165) is 61.6 Å². The van der Waals surface area contributed by atoms with Crippen LogP contribution in [0.25, 0.3) is 70.8 Å². The van der Waals surface area contributed by atoms with Crippen LogP contribution in [0.3, 0.4) is 0 Å². The number of benzene rings is 4. The van der Waals surface area contributed by atoms with Gasteiger partial charge in [-0.15, -0.1) is 0 Å². The average Bonchev–Trinajstić information content (AvgIpc) is 3.48. The summed E-state index contributed by atoms with van der Waals surface area (Å²) in [6.45, 7) is 16.3. The summed E-state index contributed by atoms with van der Waals surface area (Å²) in [5.74, 6) is 0.500. The minimum atomic E-state index is 0.500. The molecular formula is C35H29N2O2+. The Bertz CT molecular complexity index is 2170. The third-order valence-corrected chi connectivity index (χ3v) is 8.10. The quantitative estimate of drug-likeness (QED) is 0.176. The lowest BCUT2D eigenvalue weighted by molar-refractivity contribution is -0.659. The third-order valence-electron chi connectivity index (χ3n) is 8.10. The topological polar surface area (TPSA) is 34.5 Å². The fraction of sp³-hybridized carbons (Fsp3) is 0.200. The highest BCUT2D eigenvalue weighted by Crippen LogP contribution is 2.44. The van der Waals surface area contributed by atoms with Crippen LogP contribution in [0.2, 0.25) is 0 Å². The Morgan fingerprint density at radius 3 is 2.41 bits per heavy atom. The van der Waals surface area contributed by atoms with Gasteiger partial charge in [0.15, 0.2) is 11.9 Å². The molecule has 0 fully saturated rings. The molecule has 0 aliphatic rings. The van der Waals surface area contributed by atoms with Crippen molar-refractivity contribution < 1.29 is 13.4 Å². The second kappa shape index (κ2) is 8.44. The highest BCUT2D eigenvalue weighted by molar-refractivity contribution is 6.19. The first kappa shape index (κ1) is 23.5. The number of hydrogen-bond acceptors (Lipinski definition) is 2. The van der Waals surface area contributed by atoms with Crippen molar-refractivity contribution in [1.29, 1.82) is 0 Å². The summed E-state index contributed by atoms with van der Waals surface area (Å²) in [4.78, 5) is 3.62. The van der Waals surface area contributed by atoms with E-state index in [1.807, 2.05) is 24.3 Å². The summed E-state index contributed by atoms with van der Waals surface area (Å²) in [7, 11) is 2.10. The summed E-state index contributed by atoms with van der Waals surface area (Å²) < 4.78 is 15.3. The van der Waals surface area contributed by atoms with Crippen LogP contribution in [0, 0.1) is 26.3 Å². The number of nitrogens with zero attached hydrogens (tertiary/aromatic N) is 2. The predicted octanol–water partition coefficient (Wildman–Crippen LogP) is 9.50. The van der Waals surface area contributed by atoms with Gasteiger partial charge in [-0.3, -0.25) is 0 Å². The monoisotopic (exact) mass is 509 g/mol. The van der Waals surface area contributed by atoms with Crippen molar-refractivity contribution in [2.75, 3.05) is 0 Å². The van der Waals surface area contributed by atoms with Crippen molar-refractivity contribution in [3.63, 3.8) is 0 Å². The van der Waals surface area contributed by atoms with Crippen molar-refractivity contribution in [3.8, 4) is 11.3 Å². The molecule has 4 aromatic carbocycles. The molecule has 0 aliphatic carbocycles. The molecule has 0 amide bonds. The molecule has 39 heavy (non-hydrogen) atoms. The van der Waals surface area contributed by atoms with Crippen LogP contribution >= 0.6 is 0 Å². The largest absolute Gasteiger partial charge is 0.456 e. The van der Waals surface area contributed by atoms with Gasteiger partial charge in [0.05, 0.1) is 17.5 Å². The van der Waals surface area contributed by atoms with E-state index >= 15 is 0 Å². The second-order valence-electron chi connectivity index (χ2n) is 11.1. The highest BCUT2D eigenvalue weighted by Gasteiger charge is 2.27. The standard InChI is InChI=1S/C35H29N2O2/c1-19(2)15-22-17-27-25(34-32(22)26-9-7-8-10-29(26)38-34)13-14-37(6)33(27)31-21(4)20(3)16-28-24-12-11-23(36-5)18-30(24)39-35(28)31/h7-14,16-19H,15H2,1-4,6H3/q+1. The first-order chi connectivity index (χ1) is 18.9. The lowest BCUT2D eigenvalue weighted by Crippen LogP contribution is -2.31. The molecule has 0 N–H and O–H groups in total. The van der Waals surface area contributed by atoms with E-state index in [-0.39, 0.29) is 0 Å². The number of rotatable bonds is 3. The van der Waals surface area contributed by atoms with E-state index in [1.165, 1.54) is 27.5 Å². The molecule has 0 aliphatic heterocycles. The summed E-state index contributed by atoms with van der Waals surface area (Å²) in [5, 5.41) is 6.74. The predicted molar refractivity (Wildman–Crippen MR) is 159 cm³/mol. The van der Waals surface area contributed by atoms with Gasteiger partial charge < -0.3 is 8.83 Å². The Morgan fingerprint density at radius 2 is 1.62 bits per heavy atom. The molecular weight excluding hydrogens is 480 g/mol. The molecule has 0 unspecified atom stereocenters. The van der Waals surface area contributed by atoms with Crippen molar-refractivity contribution in [2.45, 2.75) is 34.1 Å². The van der Waals surface area contributed by atoms with Gasteiger partial charge in [-0.1, -0.05) is 44.2 Å². The molecule has 7 aromatic rings. The molecule has 0 saturated heterocycles. The SMILES string of the molecule is [C-]#[N+]c1ccc2c(c1)oc1c(-c3c4cc(CC(C)C)c5c6ccccc6oc5c4cc[n+]3C)c(C)c(C)cc12. The first-order valence-electron chi connectivity index (χ1n) is 13.5. The zero-order valence-electron chi connectivity index (χ0n) is 22.8. The number of aryl methyl sites for hydroxylation is 2. The Hall–Kier alpha value is -4.62. The molecule has 3 heterocycles. The van der Waals surface area contributed by atoms with Gasteiger partial charge in [-0.2, -0.15) is 0 Å². The van der Waals surface area contributed by atoms with Gasteiger partial charge in [-0.05, 0) is 67.1 Å². The van der Waals surface area contributed by atoms with Crippen molar-refractivity contribution in [3.05, 3.63) is 95.0 Å². The molecule has 0 bridgehead atoms. The van der Waals surface area contributed by atoms with Crippen molar-refractivity contribution in [1.82, 2.24) is 0 Å². The maximum Gasteiger partial charge on any atom is 0.224 e. The van der Waals surface area contributed by atoms with Gasteiger partial charge in [0, 0.05) is 33.0 Å². The number of aromatic nitrogens is 1. The van der Waals surface area contributed by atoms with E-state index < -0.39 is 0 Å². The van der Waals surface area contributed by atoms with Crippen LogP contribution in [-0.4, -0.2) is 0 Å². The second-order valence-corrected chi connectivity index (χ2v) is 11.1. The van der Waals surface area contributed by atoms with Gasteiger partial charge in [0.25, 0.3) is 0 Å². The number of fused-ring (bicyclic) bond motifs is 8. The number of hydrogen-bond donors (Lipinski definition) is 0. The number of para-hydroxylation sites is 1. The van der Waals surface area contributed by atoms with E-state index in [4.69, 9.17) is 15.4 Å². The molecule has 7 rings (SSSR count). The van der Waals surface area contributed by atoms with Crippen LogP contribution in [0.15, 0.2) is 75.7 Å². The minimum Gasteiger partial charge on any atom is -0.456 e. The number of pyridine rings is 1. The van der Waals surface area contributed by atoms with Crippen molar-refractivity contribution in [2.24, 2.45) is 13.0 Å². The summed E-state index contributed by atoms with van der Waals surface area (Å²) >= 11 is 0. The zero-order chi connectivity index (χ0) is 27.0. The van der Waals surface area contributed by atoms with Crippen LogP contribution in [0.5, 0.6) is 0 Å². The molecule has 0 spiro atoms. The normalized spacial score (nSPS) is 12.0. The molecule has 0 atom stereocenters. The smallest absolute Gasteiger partial charge is 0.224 e. The Kier molecular flexibility index (Phi) is 5.09. The number of furan rings is 2. The van der Waals surface area contributed by atoms with E-state index in [2.05, 4.69) is 86.7 Å².